The van der Waals surface area contributed by atoms with E-state index < -0.39 is 0 Å². The number of aromatic nitrogens is 2. The van der Waals surface area contributed by atoms with Gasteiger partial charge >= 0.3 is 0 Å². The predicted molar refractivity (Wildman–Crippen MR) is 89.3 cm³/mol. The molecule has 1 saturated heterocycles. The average Bonchev–Trinajstić information content (AvgIpc) is 3.03. The third-order valence-electron chi connectivity index (χ3n) is 3.71. The van der Waals surface area contributed by atoms with E-state index in [0.29, 0.717) is 35.6 Å². The maximum atomic E-state index is 12.2. The number of carbonyl (C=O) groups is 1. The Hall–Kier alpha value is -2.34. The molecule has 1 aromatic carbocycles. The highest BCUT2D eigenvalue weighted by Gasteiger charge is 2.28. The summed E-state index contributed by atoms with van der Waals surface area (Å²) < 4.78 is 11.3. The third-order valence-corrected chi connectivity index (χ3v) is 3.96. The number of hydrogen-bond donors (Lipinski definition) is 0. The van der Waals surface area contributed by atoms with E-state index in [4.69, 9.17) is 21.1 Å². The minimum atomic E-state index is -0.0603. The summed E-state index contributed by atoms with van der Waals surface area (Å²) in [7, 11) is 0. The fourth-order valence-electron chi connectivity index (χ4n) is 2.49. The number of ether oxygens (including phenoxy) is 2. The van der Waals surface area contributed by atoms with E-state index >= 15 is 0 Å². The van der Waals surface area contributed by atoms with Gasteiger partial charge in [-0.3, -0.25) is 4.79 Å². The van der Waals surface area contributed by atoms with Gasteiger partial charge in [-0.05, 0) is 31.2 Å². The summed E-state index contributed by atoms with van der Waals surface area (Å²) in [5.74, 6) is 1.76. The second-order valence-corrected chi connectivity index (χ2v) is 5.99. The van der Waals surface area contributed by atoms with Crippen molar-refractivity contribution in [3.8, 4) is 11.6 Å². The van der Waals surface area contributed by atoms with Gasteiger partial charge in [0.05, 0.1) is 6.54 Å². The first-order chi connectivity index (χ1) is 11.6. The Balaban J connectivity index is 1.48. The second-order valence-electron chi connectivity index (χ2n) is 5.55. The van der Waals surface area contributed by atoms with Gasteiger partial charge in [-0.1, -0.05) is 11.6 Å². The molecular formula is C17H18ClN3O3. The highest BCUT2D eigenvalue weighted by atomic mass is 35.5. The Labute approximate surface area is 145 Å². The Kier molecular flexibility index (Phi) is 5.15. The number of carbonyl (C=O) groups excluding carboxylic acids is 1. The Morgan fingerprint density at radius 3 is 2.88 bits per heavy atom. The van der Waals surface area contributed by atoms with Crippen molar-refractivity contribution in [2.45, 2.75) is 19.4 Å². The van der Waals surface area contributed by atoms with Gasteiger partial charge in [-0.2, -0.15) is 4.98 Å². The number of nitrogens with zero attached hydrogens (tertiary/aromatic N) is 3. The van der Waals surface area contributed by atoms with Crippen LogP contribution in [0, 0.1) is 6.92 Å². The molecule has 0 saturated carbocycles. The van der Waals surface area contributed by atoms with Crippen LogP contribution in [0.25, 0.3) is 0 Å². The molecule has 1 atom stereocenters. The molecule has 126 valence electrons. The van der Waals surface area contributed by atoms with E-state index in [1.807, 2.05) is 6.92 Å². The SMILES string of the molecule is Cc1nccc(OC2CCN(C(=O)COc3ccc(Cl)cc3)C2)n1. The van der Waals surface area contributed by atoms with Crippen molar-refractivity contribution < 1.29 is 14.3 Å². The number of benzene rings is 1. The van der Waals surface area contributed by atoms with Crippen molar-refractivity contribution in [1.29, 1.82) is 0 Å². The highest BCUT2D eigenvalue weighted by Crippen LogP contribution is 2.18. The van der Waals surface area contributed by atoms with Crippen LogP contribution in [-0.2, 0) is 4.79 Å². The molecule has 2 heterocycles. The van der Waals surface area contributed by atoms with Gasteiger partial charge in [0.2, 0.25) is 5.88 Å². The lowest BCUT2D eigenvalue weighted by Gasteiger charge is -2.17. The van der Waals surface area contributed by atoms with E-state index in [2.05, 4.69) is 9.97 Å². The summed E-state index contributed by atoms with van der Waals surface area (Å²) in [4.78, 5) is 22.2. The van der Waals surface area contributed by atoms with E-state index in [-0.39, 0.29) is 18.6 Å². The molecule has 24 heavy (non-hydrogen) atoms. The van der Waals surface area contributed by atoms with E-state index in [0.717, 1.165) is 6.42 Å². The minimum Gasteiger partial charge on any atom is -0.484 e. The topological polar surface area (TPSA) is 64.5 Å². The fourth-order valence-corrected chi connectivity index (χ4v) is 2.61. The van der Waals surface area contributed by atoms with Gasteiger partial charge < -0.3 is 14.4 Å². The Morgan fingerprint density at radius 1 is 1.33 bits per heavy atom. The summed E-state index contributed by atoms with van der Waals surface area (Å²) in [6.07, 6.45) is 2.38. The van der Waals surface area contributed by atoms with E-state index in [1.54, 1.807) is 41.4 Å². The largest absolute Gasteiger partial charge is 0.484 e. The zero-order chi connectivity index (χ0) is 16.9. The maximum Gasteiger partial charge on any atom is 0.260 e. The first kappa shape index (κ1) is 16.5. The summed E-state index contributed by atoms with van der Waals surface area (Å²) >= 11 is 5.82. The van der Waals surface area contributed by atoms with Crippen LogP contribution in [0.4, 0.5) is 0 Å². The molecule has 1 aliphatic heterocycles. The number of hydrogen-bond acceptors (Lipinski definition) is 5. The van der Waals surface area contributed by atoms with Gasteiger partial charge in [0, 0.05) is 30.3 Å². The normalized spacial score (nSPS) is 16.9. The lowest BCUT2D eigenvalue weighted by atomic mass is 10.3. The minimum absolute atomic E-state index is 0.000960. The molecular weight excluding hydrogens is 330 g/mol. The molecule has 1 aromatic heterocycles. The molecule has 1 unspecified atom stereocenters. The third kappa shape index (κ3) is 4.35. The Morgan fingerprint density at radius 2 is 2.12 bits per heavy atom. The maximum absolute atomic E-state index is 12.2. The molecule has 1 amide bonds. The number of rotatable bonds is 5. The molecule has 1 fully saturated rings. The summed E-state index contributed by atoms with van der Waals surface area (Å²) in [5, 5.41) is 0.633. The van der Waals surface area contributed by atoms with Crippen molar-refractivity contribution in [3.05, 3.63) is 47.4 Å². The monoisotopic (exact) mass is 347 g/mol. The molecule has 0 bridgehead atoms. The Bertz CT molecular complexity index is 708. The number of likely N-dealkylation sites (tertiary alicyclic amines) is 1. The molecule has 0 radical (unpaired) electrons. The molecule has 3 rings (SSSR count). The van der Waals surface area contributed by atoms with Crippen molar-refractivity contribution >= 4 is 17.5 Å². The van der Waals surface area contributed by atoms with Gasteiger partial charge in [-0.15, -0.1) is 0 Å². The van der Waals surface area contributed by atoms with Gasteiger partial charge in [0.15, 0.2) is 6.61 Å². The summed E-state index contributed by atoms with van der Waals surface area (Å²) in [6, 6.07) is 8.66. The van der Waals surface area contributed by atoms with Crippen LogP contribution >= 0.6 is 11.6 Å². The van der Waals surface area contributed by atoms with Crippen molar-refractivity contribution in [1.82, 2.24) is 14.9 Å². The highest BCUT2D eigenvalue weighted by molar-refractivity contribution is 6.30. The molecule has 0 N–H and O–H groups in total. The van der Waals surface area contributed by atoms with Crippen LogP contribution in [0.5, 0.6) is 11.6 Å². The first-order valence-electron chi connectivity index (χ1n) is 7.72. The van der Waals surface area contributed by atoms with Gasteiger partial charge in [-0.25, -0.2) is 4.98 Å². The first-order valence-corrected chi connectivity index (χ1v) is 8.10. The molecule has 0 aliphatic carbocycles. The van der Waals surface area contributed by atoms with Crippen LogP contribution in [0.15, 0.2) is 36.5 Å². The molecule has 2 aromatic rings. The quantitative estimate of drug-likeness (QED) is 0.831. The lowest BCUT2D eigenvalue weighted by Crippen LogP contribution is -2.34. The zero-order valence-electron chi connectivity index (χ0n) is 13.3. The summed E-state index contributed by atoms with van der Waals surface area (Å²) in [6.45, 7) is 3.00. The van der Waals surface area contributed by atoms with Crippen LogP contribution < -0.4 is 9.47 Å². The van der Waals surface area contributed by atoms with Crippen LogP contribution in [-0.4, -0.2) is 46.6 Å². The fraction of sp³-hybridized carbons (Fsp3) is 0.353. The smallest absolute Gasteiger partial charge is 0.260 e. The zero-order valence-corrected chi connectivity index (χ0v) is 14.1. The van der Waals surface area contributed by atoms with E-state index in [9.17, 15) is 4.79 Å². The predicted octanol–water partition coefficient (Wildman–Crippen LogP) is 2.50. The average molecular weight is 348 g/mol. The second kappa shape index (κ2) is 7.49. The van der Waals surface area contributed by atoms with Crippen LogP contribution in [0.2, 0.25) is 5.02 Å². The molecule has 6 nitrogen and oxygen atoms in total. The summed E-state index contributed by atoms with van der Waals surface area (Å²) in [5.41, 5.74) is 0. The van der Waals surface area contributed by atoms with Crippen LogP contribution in [0.3, 0.4) is 0 Å². The molecule has 7 heteroatoms. The van der Waals surface area contributed by atoms with Crippen molar-refractivity contribution in [2.75, 3.05) is 19.7 Å². The van der Waals surface area contributed by atoms with Crippen molar-refractivity contribution in [2.24, 2.45) is 0 Å². The van der Waals surface area contributed by atoms with Gasteiger partial charge in [0.25, 0.3) is 5.91 Å². The van der Waals surface area contributed by atoms with Gasteiger partial charge in [0.1, 0.15) is 17.7 Å². The lowest BCUT2D eigenvalue weighted by molar-refractivity contribution is -0.132. The molecule has 0 spiro atoms. The van der Waals surface area contributed by atoms with E-state index in [1.165, 1.54) is 0 Å². The van der Waals surface area contributed by atoms with Crippen LogP contribution in [0.1, 0.15) is 12.2 Å². The number of aryl methyl sites for hydroxylation is 1. The number of amides is 1. The molecule has 1 aliphatic rings. The van der Waals surface area contributed by atoms with Crippen molar-refractivity contribution in [3.63, 3.8) is 0 Å². The standard InChI is InChI=1S/C17H18ClN3O3/c1-12-19-8-6-16(20-12)24-15-7-9-21(10-15)17(22)11-23-14-4-2-13(18)3-5-14/h2-6,8,15H,7,9-11H2,1H3. The number of halogens is 1.